The highest BCUT2D eigenvalue weighted by molar-refractivity contribution is 5.67. The summed E-state index contributed by atoms with van der Waals surface area (Å²) in [6, 6.07) is 4.28. The van der Waals surface area contributed by atoms with Crippen LogP contribution >= 0.6 is 0 Å². The average Bonchev–Trinajstić information content (AvgIpc) is 2.55. The largest absolute Gasteiger partial charge is 0.309 e. The Balaban J connectivity index is 2.23. The van der Waals surface area contributed by atoms with Gasteiger partial charge in [0.1, 0.15) is 0 Å². The SMILES string of the molecule is CN(C)CC1CCCCC=C1c1ccncc1. The Kier molecular flexibility index (Phi) is 4.32. The van der Waals surface area contributed by atoms with E-state index in [1.807, 2.05) is 12.4 Å². The van der Waals surface area contributed by atoms with Gasteiger partial charge in [-0.1, -0.05) is 12.5 Å². The Morgan fingerprint density at radius 2 is 2.00 bits per heavy atom. The van der Waals surface area contributed by atoms with Gasteiger partial charge in [0.2, 0.25) is 0 Å². The molecule has 1 heterocycles. The minimum Gasteiger partial charge on any atom is -0.309 e. The lowest BCUT2D eigenvalue weighted by molar-refractivity contribution is 0.352. The first-order valence-electron chi connectivity index (χ1n) is 6.52. The molecule has 2 rings (SSSR count). The molecule has 0 saturated carbocycles. The molecule has 92 valence electrons. The van der Waals surface area contributed by atoms with E-state index in [4.69, 9.17) is 0 Å². The number of allylic oxidation sites excluding steroid dienone is 1. The van der Waals surface area contributed by atoms with E-state index in [1.54, 1.807) is 0 Å². The number of pyridine rings is 1. The summed E-state index contributed by atoms with van der Waals surface area (Å²) in [7, 11) is 4.32. The third-order valence-corrected chi connectivity index (χ3v) is 3.41. The van der Waals surface area contributed by atoms with Crippen molar-refractivity contribution >= 4 is 5.57 Å². The van der Waals surface area contributed by atoms with Crippen LogP contribution < -0.4 is 0 Å². The molecule has 0 aliphatic heterocycles. The van der Waals surface area contributed by atoms with Gasteiger partial charge in [0.15, 0.2) is 0 Å². The predicted molar refractivity (Wildman–Crippen MR) is 72.7 cm³/mol. The molecule has 1 aliphatic carbocycles. The lowest BCUT2D eigenvalue weighted by atomic mass is 9.90. The van der Waals surface area contributed by atoms with Gasteiger partial charge in [0.25, 0.3) is 0 Å². The third-order valence-electron chi connectivity index (χ3n) is 3.41. The fourth-order valence-corrected chi connectivity index (χ4v) is 2.64. The summed E-state index contributed by atoms with van der Waals surface area (Å²) in [6.45, 7) is 1.15. The van der Waals surface area contributed by atoms with Gasteiger partial charge in [-0.2, -0.15) is 0 Å². The summed E-state index contributed by atoms with van der Waals surface area (Å²) in [5.74, 6) is 0.676. The first-order chi connectivity index (χ1) is 8.27. The van der Waals surface area contributed by atoms with E-state index >= 15 is 0 Å². The molecule has 0 aromatic carbocycles. The van der Waals surface area contributed by atoms with Gasteiger partial charge in [-0.15, -0.1) is 0 Å². The fraction of sp³-hybridized carbons (Fsp3) is 0.533. The minimum atomic E-state index is 0.676. The van der Waals surface area contributed by atoms with Gasteiger partial charge in [0.05, 0.1) is 0 Å². The van der Waals surface area contributed by atoms with Crippen LogP contribution in [0.15, 0.2) is 30.6 Å². The van der Waals surface area contributed by atoms with Gasteiger partial charge in [0, 0.05) is 18.9 Å². The summed E-state index contributed by atoms with van der Waals surface area (Å²) in [6.07, 6.45) is 11.5. The molecule has 0 fully saturated rings. The lowest BCUT2D eigenvalue weighted by Crippen LogP contribution is -2.22. The number of nitrogens with zero attached hydrogens (tertiary/aromatic N) is 2. The maximum atomic E-state index is 4.11. The Hall–Kier alpha value is -1.15. The molecular formula is C15H22N2. The molecule has 2 heteroatoms. The van der Waals surface area contributed by atoms with E-state index < -0.39 is 0 Å². The summed E-state index contributed by atoms with van der Waals surface area (Å²) < 4.78 is 0. The molecular weight excluding hydrogens is 208 g/mol. The van der Waals surface area contributed by atoms with Crippen molar-refractivity contribution in [2.24, 2.45) is 5.92 Å². The number of aromatic nitrogens is 1. The molecule has 1 aliphatic rings. The maximum absolute atomic E-state index is 4.11. The van der Waals surface area contributed by atoms with E-state index in [9.17, 15) is 0 Å². The Morgan fingerprint density at radius 3 is 2.71 bits per heavy atom. The standard InChI is InChI=1S/C15H22N2/c1-17(2)12-14-6-4-3-5-7-15(14)13-8-10-16-11-9-13/h7-11,14H,3-6,12H2,1-2H3. The minimum absolute atomic E-state index is 0.676. The number of hydrogen-bond donors (Lipinski definition) is 0. The van der Waals surface area contributed by atoms with E-state index in [0.717, 1.165) is 6.54 Å². The van der Waals surface area contributed by atoms with Crippen LogP contribution in [0, 0.1) is 5.92 Å². The molecule has 1 unspecified atom stereocenters. The number of hydrogen-bond acceptors (Lipinski definition) is 2. The molecule has 0 amide bonds. The normalized spacial score (nSPS) is 21.1. The summed E-state index contributed by atoms with van der Waals surface area (Å²) in [4.78, 5) is 6.41. The van der Waals surface area contributed by atoms with Crippen LogP contribution in [-0.2, 0) is 0 Å². The van der Waals surface area contributed by atoms with Gasteiger partial charge in [-0.3, -0.25) is 4.98 Å². The summed E-state index contributed by atoms with van der Waals surface area (Å²) in [5, 5.41) is 0. The molecule has 1 aromatic rings. The van der Waals surface area contributed by atoms with Crippen LogP contribution in [0.3, 0.4) is 0 Å². The van der Waals surface area contributed by atoms with E-state index in [1.165, 1.54) is 36.8 Å². The monoisotopic (exact) mass is 230 g/mol. The zero-order valence-corrected chi connectivity index (χ0v) is 10.9. The Morgan fingerprint density at radius 1 is 1.24 bits per heavy atom. The molecule has 17 heavy (non-hydrogen) atoms. The van der Waals surface area contributed by atoms with Crippen molar-refractivity contribution in [3.63, 3.8) is 0 Å². The molecule has 2 nitrogen and oxygen atoms in total. The second kappa shape index (κ2) is 5.97. The molecule has 0 bridgehead atoms. The lowest BCUT2D eigenvalue weighted by Gasteiger charge is -2.23. The number of rotatable bonds is 3. The Labute approximate surface area is 104 Å². The van der Waals surface area contributed by atoms with Crippen molar-refractivity contribution in [3.8, 4) is 0 Å². The van der Waals surface area contributed by atoms with Crippen LogP contribution in [0.4, 0.5) is 0 Å². The average molecular weight is 230 g/mol. The first kappa shape index (κ1) is 12.3. The van der Waals surface area contributed by atoms with Crippen LogP contribution in [0.2, 0.25) is 0 Å². The highest BCUT2D eigenvalue weighted by Crippen LogP contribution is 2.31. The molecule has 0 spiro atoms. The van der Waals surface area contributed by atoms with Crippen LogP contribution in [-0.4, -0.2) is 30.5 Å². The fourth-order valence-electron chi connectivity index (χ4n) is 2.64. The Bertz CT molecular complexity index is 368. The maximum Gasteiger partial charge on any atom is 0.0273 e. The van der Waals surface area contributed by atoms with Crippen molar-refractivity contribution in [1.82, 2.24) is 9.88 Å². The molecule has 0 saturated heterocycles. The van der Waals surface area contributed by atoms with Crippen LogP contribution in [0.5, 0.6) is 0 Å². The summed E-state index contributed by atoms with van der Waals surface area (Å²) >= 11 is 0. The van der Waals surface area contributed by atoms with Crippen LogP contribution in [0.25, 0.3) is 5.57 Å². The second-order valence-electron chi connectivity index (χ2n) is 5.14. The van der Waals surface area contributed by atoms with E-state index in [2.05, 4.69) is 42.2 Å². The second-order valence-corrected chi connectivity index (χ2v) is 5.14. The first-order valence-corrected chi connectivity index (χ1v) is 6.52. The van der Waals surface area contributed by atoms with Gasteiger partial charge in [-0.25, -0.2) is 0 Å². The summed E-state index contributed by atoms with van der Waals surface area (Å²) in [5.41, 5.74) is 2.88. The zero-order chi connectivity index (χ0) is 12.1. The topological polar surface area (TPSA) is 16.1 Å². The van der Waals surface area contributed by atoms with Gasteiger partial charge < -0.3 is 4.90 Å². The quantitative estimate of drug-likeness (QED) is 0.792. The molecule has 1 aromatic heterocycles. The van der Waals surface area contributed by atoms with Crippen molar-refractivity contribution in [1.29, 1.82) is 0 Å². The third kappa shape index (κ3) is 3.40. The smallest absolute Gasteiger partial charge is 0.0273 e. The molecule has 1 atom stereocenters. The van der Waals surface area contributed by atoms with Crippen molar-refractivity contribution in [2.45, 2.75) is 25.7 Å². The predicted octanol–water partition coefficient (Wildman–Crippen LogP) is 3.22. The van der Waals surface area contributed by atoms with E-state index in [-0.39, 0.29) is 0 Å². The highest BCUT2D eigenvalue weighted by atomic mass is 15.1. The van der Waals surface area contributed by atoms with Gasteiger partial charge in [-0.05, 0) is 62.5 Å². The van der Waals surface area contributed by atoms with Crippen LogP contribution in [0.1, 0.15) is 31.2 Å². The molecule has 0 N–H and O–H groups in total. The molecule has 0 radical (unpaired) electrons. The van der Waals surface area contributed by atoms with Gasteiger partial charge >= 0.3 is 0 Å². The highest BCUT2D eigenvalue weighted by Gasteiger charge is 2.18. The zero-order valence-electron chi connectivity index (χ0n) is 10.9. The van der Waals surface area contributed by atoms with Crippen molar-refractivity contribution in [3.05, 3.63) is 36.2 Å². The van der Waals surface area contributed by atoms with E-state index in [0.29, 0.717) is 5.92 Å². The van der Waals surface area contributed by atoms with Crippen molar-refractivity contribution < 1.29 is 0 Å². The van der Waals surface area contributed by atoms with Crippen molar-refractivity contribution in [2.75, 3.05) is 20.6 Å².